The number of carbonyl (C=O) groups is 4. The van der Waals surface area contributed by atoms with Gasteiger partial charge in [0.15, 0.2) is 11.5 Å². The van der Waals surface area contributed by atoms with Crippen LogP contribution >= 0.6 is 0 Å². The predicted octanol–water partition coefficient (Wildman–Crippen LogP) is 4.74. The zero-order valence-corrected chi connectivity index (χ0v) is 21.9. The molecule has 0 amide bonds. The first-order valence-electron chi connectivity index (χ1n) is 12.8. The molecule has 1 aromatic carbocycles. The third-order valence-electron chi connectivity index (χ3n) is 5.80. The van der Waals surface area contributed by atoms with Crippen molar-refractivity contribution >= 4 is 23.9 Å². The summed E-state index contributed by atoms with van der Waals surface area (Å²) in [5, 5.41) is 9.64. The van der Waals surface area contributed by atoms with E-state index in [1.165, 1.54) is 12.1 Å². The zero-order valence-electron chi connectivity index (χ0n) is 21.9. The number of rotatable bonds is 17. The molecule has 3 N–H and O–H groups in total. The predicted molar refractivity (Wildman–Crippen MR) is 135 cm³/mol. The van der Waals surface area contributed by atoms with Gasteiger partial charge in [0.05, 0.1) is 6.61 Å². The van der Waals surface area contributed by atoms with Gasteiger partial charge in [0.25, 0.3) is 0 Å². The molecule has 0 fully saturated rings. The number of aliphatic carboxylic acids is 1. The average Bonchev–Trinajstić information content (AvgIpc) is 2.85. The van der Waals surface area contributed by atoms with Crippen LogP contribution < -0.4 is 15.2 Å². The molecule has 36 heavy (non-hydrogen) atoms. The van der Waals surface area contributed by atoms with Crippen LogP contribution in [-0.2, 0) is 23.9 Å². The van der Waals surface area contributed by atoms with Crippen molar-refractivity contribution < 1.29 is 38.5 Å². The lowest BCUT2D eigenvalue weighted by Crippen LogP contribution is -2.40. The summed E-state index contributed by atoms with van der Waals surface area (Å²) in [4.78, 5) is 48.4. The number of hydrogen-bond donors (Lipinski definition) is 2. The lowest BCUT2D eigenvalue weighted by Gasteiger charge is -2.28. The van der Waals surface area contributed by atoms with Crippen molar-refractivity contribution in [2.24, 2.45) is 11.7 Å². The molecule has 2 unspecified atom stereocenters. The van der Waals surface area contributed by atoms with Gasteiger partial charge in [-0.3, -0.25) is 19.2 Å². The fraction of sp³-hybridized carbons (Fsp3) is 0.630. The van der Waals surface area contributed by atoms with Crippen molar-refractivity contribution in [1.29, 1.82) is 0 Å². The number of ether oxygens (including phenoxy) is 3. The Morgan fingerprint density at radius 3 is 1.83 bits per heavy atom. The first-order valence-corrected chi connectivity index (χ1v) is 12.8. The molecule has 0 radical (unpaired) electrons. The molecule has 0 aliphatic carbocycles. The Morgan fingerprint density at radius 2 is 1.33 bits per heavy atom. The molecule has 0 bridgehead atoms. The Kier molecular flexibility index (Phi) is 14.4. The molecule has 0 saturated heterocycles. The number of carbonyl (C=O) groups excluding carboxylic acids is 3. The summed E-state index contributed by atoms with van der Waals surface area (Å²) in [7, 11) is 0. The summed E-state index contributed by atoms with van der Waals surface area (Å²) in [6, 6.07) is 3.24. The number of carboxylic acids is 1. The van der Waals surface area contributed by atoms with Crippen LogP contribution in [-0.4, -0.2) is 41.6 Å². The van der Waals surface area contributed by atoms with Gasteiger partial charge in [0, 0.05) is 25.2 Å². The van der Waals surface area contributed by atoms with Crippen molar-refractivity contribution in [3.63, 3.8) is 0 Å². The second kappa shape index (κ2) is 16.7. The summed E-state index contributed by atoms with van der Waals surface area (Å²) >= 11 is 0. The van der Waals surface area contributed by atoms with Crippen LogP contribution in [0.2, 0.25) is 0 Å². The van der Waals surface area contributed by atoms with Crippen LogP contribution in [0.4, 0.5) is 0 Å². The number of carboxylic acid groups (broad SMARTS) is 1. The maximum atomic E-state index is 12.4. The third kappa shape index (κ3) is 10.8. The van der Waals surface area contributed by atoms with E-state index < -0.39 is 35.8 Å². The van der Waals surface area contributed by atoms with Crippen LogP contribution in [0.1, 0.15) is 97.0 Å². The van der Waals surface area contributed by atoms with E-state index in [4.69, 9.17) is 19.9 Å². The van der Waals surface area contributed by atoms with E-state index >= 15 is 0 Å². The lowest BCUT2D eigenvalue weighted by atomic mass is 9.82. The second-order valence-corrected chi connectivity index (χ2v) is 9.02. The molecule has 0 heterocycles. The Morgan fingerprint density at radius 1 is 0.833 bits per heavy atom. The largest absolute Gasteiger partial charge is 0.480 e. The lowest BCUT2D eigenvalue weighted by molar-refractivity contribution is -0.145. The molecule has 3 atom stereocenters. The highest BCUT2D eigenvalue weighted by Gasteiger charge is 2.32. The summed E-state index contributed by atoms with van der Waals surface area (Å²) in [5.74, 6) is -3.65. The van der Waals surface area contributed by atoms with Gasteiger partial charge < -0.3 is 25.1 Å². The minimum Gasteiger partial charge on any atom is -0.480 e. The van der Waals surface area contributed by atoms with Crippen molar-refractivity contribution in [2.45, 2.75) is 97.4 Å². The Hall–Kier alpha value is -2.94. The van der Waals surface area contributed by atoms with Gasteiger partial charge in [-0.05, 0) is 42.9 Å². The number of hydrogen-bond acceptors (Lipinski definition) is 8. The molecule has 0 aromatic heterocycles. The fourth-order valence-electron chi connectivity index (χ4n) is 3.65. The van der Waals surface area contributed by atoms with E-state index in [1.54, 1.807) is 13.0 Å². The maximum absolute atomic E-state index is 12.4. The highest BCUT2D eigenvalue weighted by molar-refractivity contribution is 5.77. The normalized spacial score (nSPS) is 13.4. The van der Waals surface area contributed by atoms with E-state index in [0.717, 1.165) is 19.3 Å². The number of esters is 3. The number of unbranched alkanes of at least 4 members (excludes halogenated alkanes) is 3. The van der Waals surface area contributed by atoms with Crippen LogP contribution in [0.15, 0.2) is 18.2 Å². The molecule has 9 heteroatoms. The molecule has 202 valence electrons. The SMILES string of the molecule is CCCCC(=O)OCC(C)C(c1ccc(OC(=O)CCCC)c(OC(=O)CCCC)c1)[C@H](N)C(=O)O. The van der Waals surface area contributed by atoms with Gasteiger partial charge in [-0.15, -0.1) is 0 Å². The van der Waals surface area contributed by atoms with Gasteiger partial charge >= 0.3 is 23.9 Å². The van der Waals surface area contributed by atoms with Gasteiger partial charge in [0.2, 0.25) is 0 Å². The summed E-state index contributed by atoms with van der Waals surface area (Å²) in [6.45, 7) is 7.59. The zero-order chi connectivity index (χ0) is 27.1. The average molecular weight is 508 g/mol. The van der Waals surface area contributed by atoms with E-state index in [-0.39, 0.29) is 43.3 Å². The smallest absolute Gasteiger partial charge is 0.321 e. The van der Waals surface area contributed by atoms with E-state index in [1.807, 2.05) is 20.8 Å². The Bertz CT molecular complexity index is 869. The van der Waals surface area contributed by atoms with Crippen LogP contribution in [0, 0.1) is 5.92 Å². The van der Waals surface area contributed by atoms with Crippen LogP contribution in [0.5, 0.6) is 11.5 Å². The van der Waals surface area contributed by atoms with Crippen LogP contribution in [0.25, 0.3) is 0 Å². The minimum atomic E-state index is -1.31. The fourth-order valence-corrected chi connectivity index (χ4v) is 3.65. The monoisotopic (exact) mass is 507 g/mol. The van der Waals surface area contributed by atoms with Crippen LogP contribution in [0.3, 0.4) is 0 Å². The highest BCUT2D eigenvalue weighted by Crippen LogP contribution is 2.36. The Labute approximate surface area is 213 Å². The number of nitrogens with two attached hydrogens (primary N) is 1. The summed E-state index contributed by atoms with van der Waals surface area (Å²) in [6.07, 6.45) is 5.17. The standard InChI is InChI=1S/C27H41NO8/c1-5-8-11-22(29)34-17-18(4)25(26(28)27(32)33)19-14-15-20(35-23(30)12-9-6-2)21(16-19)36-24(31)13-10-7-3/h14-16,18,25-26H,5-13,17,28H2,1-4H3,(H,32,33)/t18?,25?,26-/m0/s1. The van der Waals surface area contributed by atoms with Gasteiger partial charge in [0.1, 0.15) is 6.04 Å². The molecule has 0 aliphatic heterocycles. The number of benzene rings is 1. The van der Waals surface area contributed by atoms with Crippen molar-refractivity contribution in [1.82, 2.24) is 0 Å². The van der Waals surface area contributed by atoms with Gasteiger partial charge in [-0.2, -0.15) is 0 Å². The molecule has 0 aliphatic rings. The molecule has 0 saturated carbocycles. The van der Waals surface area contributed by atoms with Crippen molar-refractivity contribution in [3.05, 3.63) is 23.8 Å². The quantitative estimate of drug-likeness (QED) is 0.226. The minimum absolute atomic E-state index is 0.0203. The first kappa shape index (κ1) is 31.1. The van der Waals surface area contributed by atoms with E-state index in [2.05, 4.69) is 0 Å². The second-order valence-electron chi connectivity index (χ2n) is 9.02. The summed E-state index contributed by atoms with van der Waals surface area (Å²) < 4.78 is 16.3. The summed E-state index contributed by atoms with van der Waals surface area (Å²) in [5.41, 5.74) is 6.50. The molecule has 0 spiro atoms. The molecular formula is C27H41NO8. The third-order valence-corrected chi connectivity index (χ3v) is 5.80. The topological polar surface area (TPSA) is 142 Å². The molecule has 9 nitrogen and oxygen atoms in total. The molecule has 1 aromatic rings. The Balaban J connectivity index is 3.27. The van der Waals surface area contributed by atoms with E-state index in [9.17, 15) is 24.3 Å². The van der Waals surface area contributed by atoms with E-state index in [0.29, 0.717) is 24.8 Å². The van der Waals surface area contributed by atoms with Crippen molar-refractivity contribution in [2.75, 3.05) is 6.61 Å². The molecular weight excluding hydrogens is 466 g/mol. The van der Waals surface area contributed by atoms with Gasteiger partial charge in [-0.25, -0.2) is 0 Å². The first-order chi connectivity index (χ1) is 17.1. The maximum Gasteiger partial charge on any atom is 0.321 e. The highest BCUT2D eigenvalue weighted by atomic mass is 16.6. The van der Waals surface area contributed by atoms with Gasteiger partial charge in [-0.1, -0.05) is 53.0 Å². The van der Waals surface area contributed by atoms with Crippen molar-refractivity contribution in [3.8, 4) is 11.5 Å². The molecule has 1 rings (SSSR count).